The Bertz CT molecular complexity index is 447. The van der Waals surface area contributed by atoms with Gasteiger partial charge in [0.1, 0.15) is 11.4 Å². The number of benzene rings is 1. The van der Waals surface area contributed by atoms with Gasteiger partial charge in [0, 0.05) is 18.0 Å². The second-order valence-corrected chi connectivity index (χ2v) is 6.40. The monoisotopic (exact) mass is 259 g/mol. The van der Waals surface area contributed by atoms with E-state index in [1.165, 1.54) is 56.1 Å². The van der Waals surface area contributed by atoms with Crippen LogP contribution in [0, 0.1) is 6.92 Å². The van der Waals surface area contributed by atoms with Gasteiger partial charge >= 0.3 is 0 Å². The van der Waals surface area contributed by atoms with E-state index in [-0.39, 0.29) is 11.6 Å². The molecule has 0 saturated heterocycles. The molecule has 2 N–H and O–H groups in total. The van der Waals surface area contributed by atoms with Gasteiger partial charge in [0.15, 0.2) is 0 Å². The predicted octanol–water partition coefficient (Wildman–Crippen LogP) is 4.26. The van der Waals surface area contributed by atoms with E-state index in [9.17, 15) is 0 Å². The smallest absolute Gasteiger partial charge is 0.124 e. The topological polar surface area (TPSA) is 35.2 Å². The van der Waals surface area contributed by atoms with Crippen LogP contribution in [0.2, 0.25) is 0 Å². The Morgan fingerprint density at radius 2 is 1.79 bits per heavy atom. The van der Waals surface area contributed by atoms with Gasteiger partial charge in [-0.05, 0) is 38.7 Å². The van der Waals surface area contributed by atoms with Crippen molar-refractivity contribution < 1.29 is 4.74 Å². The molecule has 104 valence electrons. The lowest BCUT2D eigenvalue weighted by Crippen LogP contribution is -2.43. The van der Waals surface area contributed by atoms with Crippen LogP contribution in [0.5, 0.6) is 5.75 Å². The number of rotatable bonds is 0. The van der Waals surface area contributed by atoms with Crippen molar-refractivity contribution in [2.45, 2.75) is 69.9 Å². The summed E-state index contributed by atoms with van der Waals surface area (Å²) in [5.41, 5.74) is 8.92. The lowest BCUT2D eigenvalue weighted by molar-refractivity contribution is 0.0112. The average Bonchev–Trinajstić information content (AvgIpc) is 2.36. The molecule has 0 amide bonds. The summed E-state index contributed by atoms with van der Waals surface area (Å²) in [4.78, 5) is 0. The van der Waals surface area contributed by atoms with Crippen molar-refractivity contribution in [3.8, 4) is 5.75 Å². The Morgan fingerprint density at radius 1 is 1.11 bits per heavy atom. The molecule has 2 nitrogen and oxygen atoms in total. The zero-order chi connectivity index (χ0) is 13.3. The lowest BCUT2D eigenvalue weighted by Gasteiger charge is -2.42. The van der Waals surface area contributed by atoms with Crippen LogP contribution in [0.25, 0.3) is 0 Å². The van der Waals surface area contributed by atoms with Gasteiger partial charge in [0.05, 0.1) is 0 Å². The molecule has 1 aromatic rings. The Hall–Kier alpha value is -1.02. The van der Waals surface area contributed by atoms with Gasteiger partial charge in [0.2, 0.25) is 0 Å². The van der Waals surface area contributed by atoms with Crippen LogP contribution in [0.3, 0.4) is 0 Å². The molecule has 1 aromatic carbocycles. The molecule has 1 aliphatic carbocycles. The molecule has 2 aliphatic rings. The summed E-state index contributed by atoms with van der Waals surface area (Å²) in [7, 11) is 0. The standard InChI is InChI=1S/C17H25NO/c1-13-7-8-16-14(11-13)15(18)12-17(19-16)9-5-3-2-4-6-10-17/h7-8,11,15H,2-6,9-10,12,18H2,1H3. The van der Waals surface area contributed by atoms with Crippen molar-refractivity contribution in [1.29, 1.82) is 0 Å². The third kappa shape index (κ3) is 2.64. The molecule has 0 radical (unpaired) electrons. The van der Waals surface area contributed by atoms with Crippen molar-refractivity contribution in [3.05, 3.63) is 29.3 Å². The number of nitrogens with two attached hydrogens (primary N) is 1. The molecule has 19 heavy (non-hydrogen) atoms. The fourth-order valence-electron chi connectivity index (χ4n) is 3.69. The quantitative estimate of drug-likeness (QED) is 0.755. The largest absolute Gasteiger partial charge is 0.487 e. The summed E-state index contributed by atoms with van der Waals surface area (Å²) in [6, 6.07) is 6.58. The molecular weight excluding hydrogens is 234 g/mol. The van der Waals surface area contributed by atoms with Crippen molar-refractivity contribution >= 4 is 0 Å². The van der Waals surface area contributed by atoms with Gasteiger partial charge in [-0.2, -0.15) is 0 Å². The summed E-state index contributed by atoms with van der Waals surface area (Å²) in [6.45, 7) is 2.12. The third-order valence-electron chi connectivity index (χ3n) is 4.75. The molecule has 1 heterocycles. The summed E-state index contributed by atoms with van der Waals surface area (Å²) in [5.74, 6) is 1.03. The lowest BCUT2D eigenvalue weighted by atomic mass is 9.79. The number of hydrogen-bond donors (Lipinski definition) is 1. The summed E-state index contributed by atoms with van der Waals surface area (Å²) >= 11 is 0. The van der Waals surface area contributed by atoms with Gasteiger partial charge < -0.3 is 10.5 Å². The second kappa shape index (κ2) is 5.16. The maximum absolute atomic E-state index is 6.44. The van der Waals surface area contributed by atoms with E-state index in [4.69, 9.17) is 10.5 Å². The molecule has 3 rings (SSSR count). The van der Waals surface area contributed by atoms with Crippen LogP contribution >= 0.6 is 0 Å². The van der Waals surface area contributed by atoms with Crippen molar-refractivity contribution in [3.63, 3.8) is 0 Å². The predicted molar refractivity (Wildman–Crippen MR) is 78.4 cm³/mol. The number of ether oxygens (including phenoxy) is 1. The third-order valence-corrected chi connectivity index (χ3v) is 4.75. The van der Waals surface area contributed by atoms with Crippen LogP contribution in [-0.4, -0.2) is 5.60 Å². The first-order chi connectivity index (χ1) is 9.19. The van der Waals surface area contributed by atoms with Crippen molar-refractivity contribution in [2.75, 3.05) is 0 Å². The minimum absolute atomic E-state index is 0.0160. The Kier molecular flexibility index (Phi) is 3.53. The fourth-order valence-corrected chi connectivity index (χ4v) is 3.69. The Labute approximate surface area is 116 Å². The van der Waals surface area contributed by atoms with Gasteiger partial charge in [-0.15, -0.1) is 0 Å². The first kappa shape index (κ1) is 13.0. The van der Waals surface area contributed by atoms with E-state index in [1.54, 1.807) is 0 Å². The van der Waals surface area contributed by atoms with Crippen LogP contribution in [0.4, 0.5) is 0 Å². The molecule has 0 aromatic heterocycles. The van der Waals surface area contributed by atoms with Gasteiger partial charge in [0.25, 0.3) is 0 Å². The minimum Gasteiger partial charge on any atom is -0.487 e. The van der Waals surface area contributed by atoms with E-state index in [2.05, 4.69) is 25.1 Å². The Balaban J connectivity index is 1.88. The number of hydrogen-bond acceptors (Lipinski definition) is 2. The highest BCUT2D eigenvalue weighted by Gasteiger charge is 2.39. The number of fused-ring (bicyclic) bond motifs is 1. The van der Waals surface area contributed by atoms with Crippen LogP contribution in [0.1, 0.15) is 68.5 Å². The van der Waals surface area contributed by atoms with Crippen molar-refractivity contribution in [2.24, 2.45) is 5.73 Å². The van der Waals surface area contributed by atoms with E-state index >= 15 is 0 Å². The fraction of sp³-hybridized carbons (Fsp3) is 0.647. The van der Waals surface area contributed by atoms with Crippen LogP contribution in [-0.2, 0) is 0 Å². The number of aryl methyl sites for hydroxylation is 1. The van der Waals surface area contributed by atoms with E-state index < -0.39 is 0 Å². The Morgan fingerprint density at radius 3 is 2.53 bits per heavy atom. The normalized spacial score (nSPS) is 26.1. The zero-order valence-electron chi connectivity index (χ0n) is 12.0. The highest BCUT2D eigenvalue weighted by atomic mass is 16.5. The summed E-state index contributed by atoms with van der Waals surface area (Å²) < 4.78 is 6.44. The van der Waals surface area contributed by atoms with E-state index in [0.29, 0.717) is 0 Å². The highest BCUT2D eigenvalue weighted by molar-refractivity contribution is 5.41. The molecule has 1 atom stereocenters. The molecule has 1 aliphatic heterocycles. The molecule has 1 fully saturated rings. The molecule has 1 saturated carbocycles. The first-order valence-corrected chi connectivity index (χ1v) is 7.74. The molecule has 0 bridgehead atoms. The first-order valence-electron chi connectivity index (χ1n) is 7.74. The SMILES string of the molecule is Cc1ccc2c(c1)C(N)CC1(CCCCCCC1)O2. The molecular formula is C17H25NO. The molecule has 2 heteroatoms. The zero-order valence-corrected chi connectivity index (χ0v) is 12.0. The average molecular weight is 259 g/mol. The van der Waals surface area contributed by atoms with E-state index in [1.807, 2.05) is 0 Å². The summed E-state index contributed by atoms with van der Waals surface area (Å²) in [5, 5.41) is 0. The second-order valence-electron chi connectivity index (χ2n) is 6.40. The van der Waals surface area contributed by atoms with Crippen molar-refractivity contribution in [1.82, 2.24) is 0 Å². The molecule has 1 unspecified atom stereocenters. The highest BCUT2D eigenvalue weighted by Crippen LogP contribution is 2.44. The maximum atomic E-state index is 6.44. The molecule has 1 spiro atoms. The van der Waals surface area contributed by atoms with E-state index in [0.717, 1.165) is 12.2 Å². The van der Waals surface area contributed by atoms with Gasteiger partial charge in [-0.25, -0.2) is 0 Å². The minimum atomic E-state index is 0.0160. The van der Waals surface area contributed by atoms with Crippen LogP contribution in [0.15, 0.2) is 18.2 Å². The van der Waals surface area contributed by atoms with Gasteiger partial charge in [-0.3, -0.25) is 0 Å². The maximum Gasteiger partial charge on any atom is 0.124 e. The van der Waals surface area contributed by atoms with Crippen LogP contribution < -0.4 is 10.5 Å². The summed E-state index contributed by atoms with van der Waals surface area (Å²) in [6.07, 6.45) is 9.99. The van der Waals surface area contributed by atoms with Gasteiger partial charge in [-0.1, -0.05) is 37.0 Å².